The third-order valence-corrected chi connectivity index (χ3v) is 2.80. The molecule has 0 heterocycles. The summed E-state index contributed by atoms with van der Waals surface area (Å²) in [7, 11) is -4.24. The Morgan fingerprint density at radius 2 is 1.92 bits per heavy atom. The molecule has 0 atom stereocenters. The van der Waals surface area contributed by atoms with Gasteiger partial charge in [0.05, 0.1) is 0 Å². The first-order valence-electron chi connectivity index (χ1n) is 3.48. The van der Waals surface area contributed by atoms with E-state index < -0.39 is 20.9 Å². The molecule has 0 spiro atoms. The number of amides is 1. The van der Waals surface area contributed by atoms with Crippen LogP contribution in [0.4, 0.5) is 0 Å². The van der Waals surface area contributed by atoms with Crippen LogP contribution in [0.1, 0.15) is 28.6 Å². The van der Waals surface area contributed by atoms with Gasteiger partial charge in [0.1, 0.15) is 0 Å². The molecule has 0 radical (unpaired) electrons. The molecule has 0 saturated carbocycles. The fraction of sp³-hybridized carbons (Fsp3) is 0.833. The van der Waals surface area contributed by atoms with Crippen LogP contribution >= 0.6 is 0 Å². The quantitative estimate of drug-likeness (QED) is 0.398. The molecule has 1 amide bonds. The summed E-state index contributed by atoms with van der Waals surface area (Å²) < 4.78 is 29.9. The molecule has 13 heavy (non-hydrogen) atoms. The first-order chi connectivity index (χ1) is 5.20. The zero-order valence-corrected chi connectivity index (χ0v) is 11.1. The van der Waals surface area contributed by atoms with Crippen molar-refractivity contribution in [3.8, 4) is 0 Å². The van der Waals surface area contributed by atoms with Gasteiger partial charge >= 0.3 is 29.6 Å². The predicted molar refractivity (Wildman–Crippen MR) is 45.2 cm³/mol. The second-order valence-electron chi connectivity index (χ2n) is 2.89. The number of rotatable bonds is 3. The van der Waals surface area contributed by atoms with Crippen molar-refractivity contribution >= 4 is 16.0 Å². The maximum Gasteiger partial charge on any atom is 1.00 e. The van der Waals surface area contributed by atoms with Gasteiger partial charge in [-0.05, 0) is 13.8 Å². The molecule has 0 aliphatic heterocycles. The van der Waals surface area contributed by atoms with E-state index in [9.17, 15) is 13.2 Å². The van der Waals surface area contributed by atoms with Gasteiger partial charge in [-0.1, -0.05) is 6.92 Å². The van der Waals surface area contributed by atoms with Crippen LogP contribution in [0.15, 0.2) is 0 Å². The van der Waals surface area contributed by atoms with Gasteiger partial charge in [-0.2, -0.15) is 8.42 Å². The van der Waals surface area contributed by atoms with E-state index in [1.807, 2.05) is 0 Å². The molecule has 0 rings (SSSR count). The average molecular weight is 219 g/mol. The van der Waals surface area contributed by atoms with E-state index in [1.54, 1.807) is 6.92 Å². The number of nitrogens with one attached hydrogen (secondary N) is 1. The number of hydrogen-bond acceptors (Lipinski definition) is 3. The van der Waals surface area contributed by atoms with Crippen LogP contribution in [0.25, 0.3) is 0 Å². The van der Waals surface area contributed by atoms with Crippen molar-refractivity contribution in [1.29, 1.82) is 0 Å². The molecule has 0 aliphatic carbocycles. The SMILES string of the molecule is CCC(=O)NC(C)(C)S(=O)(=O)O.[H-].[Na+]. The minimum absolute atomic E-state index is 0. The molecule has 0 fully saturated rings. The molecule has 2 N–H and O–H groups in total. The molecule has 74 valence electrons. The molecule has 0 bridgehead atoms. The zero-order valence-electron chi connectivity index (χ0n) is 9.29. The van der Waals surface area contributed by atoms with Crippen LogP contribution in [-0.2, 0) is 14.9 Å². The van der Waals surface area contributed by atoms with Gasteiger partial charge in [0.15, 0.2) is 4.87 Å². The van der Waals surface area contributed by atoms with Gasteiger partial charge in [0.2, 0.25) is 5.91 Å². The summed E-state index contributed by atoms with van der Waals surface area (Å²) in [5.74, 6) is -0.419. The van der Waals surface area contributed by atoms with E-state index in [1.165, 1.54) is 13.8 Å². The van der Waals surface area contributed by atoms with Crippen LogP contribution in [0.3, 0.4) is 0 Å². The third-order valence-electron chi connectivity index (χ3n) is 1.41. The largest absolute Gasteiger partial charge is 1.00 e. The molecule has 0 aromatic rings. The van der Waals surface area contributed by atoms with E-state index in [0.717, 1.165) is 0 Å². The summed E-state index contributed by atoms with van der Waals surface area (Å²) in [5.41, 5.74) is 0. The van der Waals surface area contributed by atoms with Crippen molar-refractivity contribution in [3.05, 3.63) is 0 Å². The number of carbonyl (C=O) groups is 1. The Bertz CT molecular complexity index is 278. The fourth-order valence-electron chi connectivity index (χ4n) is 0.489. The van der Waals surface area contributed by atoms with Gasteiger partial charge in [0.25, 0.3) is 10.1 Å². The third kappa shape index (κ3) is 4.97. The molecular formula is C6H14NNaO4S. The standard InChI is InChI=1S/C6H13NO4S.Na.H/c1-4-5(8)7-6(2,3)12(9,10)11;;/h4H2,1-3H3,(H,7,8)(H,9,10,11);;/q;+1;-1. The smallest absolute Gasteiger partial charge is 1.00 e. The summed E-state index contributed by atoms with van der Waals surface area (Å²) in [5, 5.41) is 2.17. The Balaban J connectivity index is -0.000000605. The molecule has 0 saturated heterocycles. The second-order valence-corrected chi connectivity index (χ2v) is 4.86. The second kappa shape index (κ2) is 5.31. The van der Waals surface area contributed by atoms with Crippen molar-refractivity contribution in [2.45, 2.75) is 32.1 Å². The Morgan fingerprint density at radius 3 is 2.15 bits per heavy atom. The van der Waals surface area contributed by atoms with Crippen LogP contribution in [-0.4, -0.2) is 23.7 Å². The monoisotopic (exact) mass is 219 g/mol. The normalized spacial score (nSPS) is 11.7. The van der Waals surface area contributed by atoms with Crippen molar-refractivity contribution < 1.29 is 48.7 Å². The van der Waals surface area contributed by atoms with Gasteiger partial charge in [-0.25, -0.2) is 0 Å². The maximum atomic E-state index is 10.8. The van der Waals surface area contributed by atoms with Crippen LogP contribution in [0.5, 0.6) is 0 Å². The molecule has 7 heteroatoms. The van der Waals surface area contributed by atoms with Gasteiger partial charge in [-0.15, -0.1) is 0 Å². The Hall–Kier alpha value is 0.380. The molecule has 0 aliphatic rings. The Labute approximate surface area is 102 Å². The summed E-state index contributed by atoms with van der Waals surface area (Å²) in [4.78, 5) is 9.18. The van der Waals surface area contributed by atoms with Crippen LogP contribution in [0.2, 0.25) is 0 Å². The van der Waals surface area contributed by atoms with E-state index in [-0.39, 0.29) is 37.4 Å². The fourth-order valence-corrected chi connectivity index (χ4v) is 0.731. The first kappa shape index (κ1) is 15.8. The minimum atomic E-state index is -4.24. The van der Waals surface area contributed by atoms with E-state index in [4.69, 9.17) is 4.55 Å². The minimum Gasteiger partial charge on any atom is -1.00 e. The van der Waals surface area contributed by atoms with Gasteiger partial charge in [-0.3, -0.25) is 9.35 Å². The molecule has 0 aromatic carbocycles. The Kier molecular flexibility index (Phi) is 6.47. The molecule has 0 aromatic heterocycles. The molecular weight excluding hydrogens is 205 g/mol. The predicted octanol–water partition coefficient (Wildman–Crippen LogP) is -2.75. The first-order valence-corrected chi connectivity index (χ1v) is 4.92. The van der Waals surface area contributed by atoms with Crippen molar-refractivity contribution in [1.82, 2.24) is 5.32 Å². The van der Waals surface area contributed by atoms with Crippen molar-refractivity contribution in [2.24, 2.45) is 0 Å². The van der Waals surface area contributed by atoms with Gasteiger partial charge in [0, 0.05) is 6.42 Å². The molecule has 5 nitrogen and oxygen atoms in total. The summed E-state index contributed by atoms with van der Waals surface area (Å²) in [6.45, 7) is 4.03. The summed E-state index contributed by atoms with van der Waals surface area (Å²) in [6.07, 6.45) is 0.180. The molecule has 0 unspecified atom stereocenters. The van der Waals surface area contributed by atoms with Crippen LogP contribution < -0.4 is 34.9 Å². The summed E-state index contributed by atoms with van der Waals surface area (Å²) in [6, 6.07) is 0. The van der Waals surface area contributed by atoms with Crippen molar-refractivity contribution in [3.63, 3.8) is 0 Å². The topological polar surface area (TPSA) is 83.5 Å². The number of carbonyl (C=O) groups excluding carboxylic acids is 1. The average Bonchev–Trinajstić information content (AvgIpc) is 1.84. The van der Waals surface area contributed by atoms with E-state index >= 15 is 0 Å². The van der Waals surface area contributed by atoms with E-state index in [0.29, 0.717) is 0 Å². The summed E-state index contributed by atoms with van der Waals surface area (Å²) >= 11 is 0. The van der Waals surface area contributed by atoms with Crippen molar-refractivity contribution in [2.75, 3.05) is 0 Å². The maximum absolute atomic E-state index is 10.8. The van der Waals surface area contributed by atoms with Gasteiger partial charge < -0.3 is 6.74 Å². The van der Waals surface area contributed by atoms with E-state index in [2.05, 4.69) is 5.32 Å². The zero-order chi connectivity index (χ0) is 9.99. The number of hydrogen-bond donors (Lipinski definition) is 2. The van der Waals surface area contributed by atoms with Crippen LogP contribution in [0, 0.1) is 0 Å². The Morgan fingerprint density at radius 1 is 1.54 bits per heavy atom.